The van der Waals surface area contributed by atoms with Gasteiger partial charge in [-0.1, -0.05) is 12.1 Å². The van der Waals surface area contributed by atoms with Gasteiger partial charge < -0.3 is 19.9 Å². The molecule has 2 aromatic rings. The average molecular weight is 434 g/mol. The van der Waals surface area contributed by atoms with Gasteiger partial charge in [0.15, 0.2) is 0 Å². The molecule has 1 fully saturated rings. The van der Waals surface area contributed by atoms with E-state index in [0.29, 0.717) is 18.7 Å². The van der Waals surface area contributed by atoms with Crippen LogP contribution in [-0.4, -0.2) is 52.9 Å². The van der Waals surface area contributed by atoms with Gasteiger partial charge in [-0.15, -0.1) is 25.6 Å². The highest BCUT2D eigenvalue weighted by Gasteiger charge is 2.31. The Bertz CT molecular complexity index is 798. The number of carbonyl (C=O) groups is 1. The zero-order valence-electron chi connectivity index (χ0n) is 15.8. The van der Waals surface area contributed by atoms with Crippen molar-refractivity contribution >= 4 is 18.3 Å². The molecule has 2 N–H and O–H groups in total. The minimum Gasteiger partial charge on any atom is -0.406 e. The van der Waals surface area contributed by atoms with Crippen molar-refractivity contribution in [2.75, 3.05) is 26.2 Å². The Morgan fingerprint density at radius 3 is 2.69 bits per heavy atom. The van der Waals surface area contributed by atoms with Gasteiger partial charge >= 0.3 is 6.36 Å². The molecule has 0 saturated carbocycles. The molecule has 11 heteroatoms. The van der Waals surface area contributed by atoms with Crippen LogP contribution in [0.15, 0.2) is 36.7 Å². The molecule has 1 aliphatic rings. The number of nitrogens with zero attached hydrogens (tertiary/aromatic N) is 3. The number of aryl methyl sites for hydroxylation is 1. The number of halogens is 4. The van der Waals surface area contributed by atoms with Crippen molar-refractivity contribution < 1.29 is 22.7 Å². The minimum atomic E-state index is -4.72. The standard InChI is InChI=1S/C18H22F3N5O2.ClH/c1-25-8-7-23-17(25)15-11-22-6-9-26(15)12-16(27)24-10-13-2-4-14(5-3-13)28-18(19,20)21;/h2-5,7-8,15,22H,6,9-12H2,1H3,(H,24,27);1H. The first-order valence-corrected chi connectivity index (χ1v) is 8.85. The number of alkyl halides is 3. The maximum Gasteiger partial charge on any atom is 0.573 e. The smallest absolute Gasteiger partial charge is 0.406 e. The molecule has 29 heavy (non-hydrogen) atoms. The Labute approximate surface area is 172 Å². The molecule has 1 aliphatic heterocycles. The van der Waals surface area contributed by atoms with Crippen LogP contribution in [0.1, 0.15) is 17.4 Å². The lowest BCUT2D eigenvalue weighted by molar-refractivity contribution is -0.274. The summed E-state index contributed by atoms with van der Waals surface area (Å²) < 4.78 is 42.3. The topological polar surface area (TPSA) is 71.4 Å². The van der Waals surface area contributed by atoms with Crippen LogP contribution < -0.4 is 15.4 Å². The molecular weight excluding hydrogens is 411 g/mol. The average Bonchev–Trinajstić information content (AvgIpc) is 3.06. The van der Waals surface area contributed by atoms with Gasteiger partial charge in [0, 0.05) is 45.6 Å². The summed E-state index contributed by atoms with van der Waals surface area (Å²) in [6, 6.07) is 5.43. The number of hydrogen-bond acceptors (Lipinski definition) is 5. The number of carbonyl (C=O) groups excluding carboxylic acids is 1. The molecule has 1 unspecified atom stereocenters. The fraction of sp³-hybridized carbons (Fsp3) is 0.444. The minimum absolute atomic E-state index is 0. The van der Waals surface area contributed by atoms with E-state index >= 15 is 0 Å². The van der Waals surface area contributed by atoms with Gasteiger partial charge in [-0.25, -0.2) is 4.98 Å². The molecular formula is C18H23ClF3N5O2. The largest absolute Gasteiger partial charge is 0.573 e. The van der Waals surface area contributed by atoms with Crippen LogP contribution >= 0.6 is 12.4 Å². The highest BCUT2D eigenvalue weighted by Crippen LogP contribution is 2.23. The number of nitrogens with one attached hydrogen (secondary N) is 2. The van der Waals surface area contributed by atoms with E-state index in [-0.39, 0.29) is 43.2 Å². The lowest BCUT2D eigenvalue weighted by atomic mass is 10.1. The fourth-order valence-corrected chi connectivity index (χ4v) is 3.14. The van der Waals surface area contributed by atoms with E-state index in [1.54, 1.807) is 6.20 Å². The molecule has 2 heterocycles. The third-order valence-electron chi connectivity index (χ3n) is 4.50. The molecule has 0 radical (unpaired) electrons. The van der Waals surface area contributed by atoms with Crippen molar-refractivity contribution in [3.63, 3.8) is 0 Å². The van der Waals surface area contributed by atoms with Crippen molar-refractivity contribution in [2.45, 2.75) is 18.9 Å². The summed E-state index contributed by atoms with van der Waals surface area (Å²) in [4.78, 5) is 18.8. The number of benzene rings is 1. The first-order valence-electron chi connectivity index (χ1n) is 8.85. The van der Waals surface area contributed by atoms with E-state index in [2.05, 4.69) is 25.3 Å². The third kappa shape index (κ3) is 6.62. The number of piperazine rings is 1. The molecule has 1 atom stereocenters. The highest BCUT2D eigenvalue weighted by atomic mass is 35.5. The van der Waals surface area contributed by atoms with Crippen LogP contribution in [-0.2, 0) is 18.4 Å². The Balaban J connectivity index is 0.00000300. The summed E-state index contributed by atoms with van der Waals surface area (Å²) >= 11 is 0. The van der Waals surface area contributed by atoms with Crippen LogP contribution in [0.2, 0.25) is 0 Å². The molecule has 1 saturated heterocycles. The summed E-state index contributed by atoms with van der Waals surface area (Å²) in [6.45, 7) is 2.65. The number of amides is 1. The summed E-state index contributed by atoms with van der Waals surface area (Å²) in [5.41, 5.74) is 0.684. The molecule has 1 aromatic heterocycles. The number of aromatic nitrogens is 2. The van der Waals surface area contributed by atoms with Crippen LogP contribution in [0.25, 0.3) is 0 Å². The van der Waals surface area contributed by atoms with Gasteiger partial charge in [0.25, 0.3) is 0 Å². The normalized spacial score (nSPS) is 17.4. The lowest BCUT2D eigenvalue weighted by Crippen LogP contribution is -2.50. The molecule has 0 bridgehead atoms. The first-order chi connectivity index (χ1) is 13.3. The van der Waals surface area contributed by atoms with E-state index in [0.717, 1.165) is 12.4 Å². The van der Waals surface area contributed by atoms with Gasteiger partial charge in [0.05, 0.1) is 12.6 Å². The molecule has 0 aliphatic carbocycles. The molecule has 7 nitrogen and oxygen atoms in total. The predicted molar refractivity (Wildman–Crippen MR) is 103 cm³/mol. The van der Waals surface area contributed by atoms with Crippen molar-refractivity contribution in [2.24, 2.45) is 7.05 Å². The van der Waals surface area contributed by atoms with Crippen LogP contribution in [0, 0.1) is 0 Å². The van der Waals surface area contributed by atoms with Gasteiger partial charge in [0.1, 0.15) is 11.6 Å². The number of rotatable bonds is 6. The third-order valence-corrected chi connectivity index (χ3v) is 4.50. The molecule has 3 rings (SSSR count). The van der Waals surface area contributed by atoms with Gasteiger partial charge in [0.2, 0.25) is 5.91 Å². The van der Waals surface area contributed by atoms with Gasteiger partial charge in [-0.05, 0) is 17.7 Å². The summed E-state index contributed by atoms with van der Waals surface area (Å²) in [6.07, 6.45) is -1.12. The fourth-order valence-electron chi connectivity index (χ4n) is 3.14. The highest BCUT2D eigenvalue weighted by molar-refractivity contribution is 5.85. The summed E-state index contributed by atoms with van der Waals surface area (Å²) in [5, 5.41) is 6.12. The summed E-state index contributed by atoms with van der Waals surface area (Å²) in [5.74, 6) is 0.443. The van der Waals surface area contributed by atoms with Crippen molar-refractivity contribution in [1.29, 1.82) is 0 Å². The number of hydrogen-bond donors (Lipinski definition) is 2. The van der Waals surface area contributed by atoms with E-state index in [1.165, 1.54) is 24.3 Å². The number of imidazole rings is 1. The van der Waals surface area contributed by atoms with Gasteiger partial charge in [-0.3, -0.25) is 9.69 Å². The van der Waals surface area contributed by atoms with Crippen LogP contribution in [0.3, 0.4) is 0 Å². The number of ether oxygens (including phenoxy) is 1. The predicted octanol–water partition coefficient (Wildman–Crippen LogP) is 2.00. The van der Waals surface area contributed by atoms with E-state index in [4.69, 9.17) is 0 Å². The monoisotopic (exact) mass is 433 g/mol. The van der Waals surface area contributed by atoms with Crippen molar-refractivity contribution in [3.8, 4) is 5.75 Å². The first kappa shape index (κ1) is 23.0. The second kappa shape index (κ2) is 9.95. The van der Waals surface area contributed by atoms with Crippen LogP contribution in [0.4, 0.5) is 13.2 Å². The van der Waals surface area contributed by atoms with E-state index in [9.17, 15) is 18.0 Å². The summed E-state index contributed by atoms with van der Waals surface area (Å²) in [7, 11) is 1.92. The molecule has 0 spiro atoms. The van der Waals surface area contributed by atoms with Crippen molar-refractivity contribution in [3.05, 3.63) is 48.0 Å². The van der Waals surface area contributed by atoms with Gasteiger partial charge in [-0.2, -0.15) is 0 Å². The van der Waals surface area contributed by atoms with E-state index in [1.807, 2.05) is 17.8 Å². The Morgan fingerprint density at radius 1 is 1.34 bits per heavy atom. The quantitative estimate of drug-likeness (QED) is 0.729. The Morgan fingerprint density at radius 2 is 2.07 bits per heavy atom. The molecule has 1 amide bonds. The Hall–Kier alpha value is -2.30. The Kier molecular flexibility index (Phi) is 7.88. The SMILES string of the molecule is Cl.Cn1ccnc1C1CNCCN1CC(=O)NCc1ccc(OC(F)(F)F)cc1. The lowest BCUT2D eigenvalue weighted by Gasteiger charge is -2.35. The second-order valence-electron chi connectivity index (χ2n) is 6.56. The zero-order chi connectivity index (χ0) is 20.1. The molecule has 1 aromatic carbocycles. The molecule has 160 valence electrons. The van der Waals surface area contributed by atoms with Crippen molar-refractivity contribution in [1.82, 2.24) is 25.1 Å². The van der Waals surface area contributed by atoms with Crippen LogP contribution in [0.5, 0.6) is 5.75 Å². The maximum atomic E-state index is 12.4. The zero-order valence-corrected chi connectivity index (χ0v) is 16.6. The maximum absolute atomic E-state index is 12.4. The second-order valence-corrected chi connectivity index (χ2v) is 6.56. The van der Waals surface area contributed by atoms with E-state index < -0.39 is 6.36 Å².